The molecule has 0 aliphatic carbocycles. The Bertz CT molecular complexity index is 4780. The highest BCUT2D eigenvalue weighted by Gasteiger charge is 2.34. The van der Waals surface area contributed by atoms with E-state index < -0.39 is 0 Å². The van der Waals surface area contributed by atoms with Crippen LogP contribution in [-0.2, 0) is 5.41 Å². The van der Waals surface area contributed by atoms with Crippen molar-refractivity contribution in [2.75, 3.05) is 16.5 Å². The second-order valence-electron chi connectivity index (χ2n) is 23.1. The molecule has 0 unspecified atom stereocenters. The lowest BCUT2D eigenvalue weighted by atomic mass is 9.37. The third kappa shape index (κ3) is 7.44. The molecule has 16 rings (SSSR count). The van der Waals surface area contributed by atoms with Crippen molar-refractivity contribution in [3.05, 3.63) is 279 Å². The second kappa shape index (κ2) is 18.7. The summed E-state index contributed by atoms with van der Waals surface area (Å²) >= 11 is 0. The molecule has 2 aliphatic heterocycles. The third-order valence-corrected chi connectivity index (χ3v) is 17.4. The number of pyridine rings is 1. The fourth-order valence-electron chi connectivity index (χ4n) is 13.7. The Hall–Kier alpha value is -10.2. The minimum Gasteiger partial charge on any atom is -0.321 e. The van der Waals surface area contributed by atoms with Crippen molar-refractivity contribution in [3.8, 4) is 56.0 Å². The van der Waals surface area contributed by atoms with Crippen molar-refractivity contribution in [3.63, 3.8) is 0 Å². The molecule has 6 heteroatoms. The van der Waals surface area contributed by atoms with E-state index in [1.807, 2.05) is 6.20 Å². The van der Waals surface area contributed by atoms with Crippen molar-refractivity contribution in [1.29, 1.82) is 0 Å². The molecule has 388 valence electrons. The van der Waals surface area contributed by atoms with E-state index >= 15 is 0 Å². The monoisotopic (exact) mass is 1050 g/mol. The third-order valence-electron chi connectivity index (χ3n) is 17.4. The summed E-state index contributed by atoms with van der Waals surface area (Å²) in [4.78, 5) is 10.3. The van der Waals surface area contributed by atoms with E-state index in [2.05, 4.69) is 307 Å². The van der Waals surface area contributed by atoms with Crippen LogP contribution in [-0.4, -0.2) is 27.5 Å². The molecule has 3 aromatic heterocycles. The highest BCUT2D eigenvalue weighted by molar-refractivity contribution is 6.95. The van der Waals surface area contributed by atoms with Gasteiger partial charge in [-0.25, -0.2) is 4.98 Å². The topological polar surface area (TPSA) is 29.2 Å². The maximum atomic E-state index is 5.25. The molecule has 0 fully saturated rings. The SMILES string of the molecule is CC(C)(C)c1ccnc(-n2c3cc(B(c4ccccc4)c4cccc(N5CN(c6c(-c7ccccc7)cccc6-c6ccccc6)c6ccccc65)c4)ccc3c3c4c(ccc32)-n2c3ccccc3c3cccc(c32)-c2ccccc2-4)c1. The summed E-state index contributed by atoms with van der Waals surface area (Å²) in [6.45, 7) is 7.40. The normalized spacial score (nSPS) is 12.7. The van der Waals surface area contributed by atoms with Crippen molar-refractivity contribution < 1.29 is 0 Å². The molecular weight excluding hydrogens is 994 g/mol. The molecule has 0 amide bonds. The van der Waals surface area contributed by atoms with Gasteiger partial charge in [0, 0.05) is 55.7 Å². The zero-order chi connectivity index (χ0) is 54.6. The van der Waals surface area contributed by atoms with Gasteiger partial charge in [0.2, 0.25) is 6.71 Å². The molecule has 14 aromatic rings. The zero-order valence-electron chi connectivity index (χ0n) is 46.0. The minimum absolute atomic E-state index is 0.0873. The van der Waals surface area contributed by atoms with E-state index in [4.69, 9.17) is 4.98 Å². The highest BCUT2D eigenvalue weighted by Crippen LogP contribution is 2.52. The Morgan fingerprint density at radius 1 is 0.390 bits per heavy atom. The minimum atomic E-state index is -0.102. The summed E-state index contributed by atoms with van der Waals surface area (Å²) in [5.41, 5.74) is 25.1. The average Bonchev–Trinajstić information content (AvgIpc) is 3.72. The number of fused-ring (bicyclic) bond motifs is 13. The van der Waals surface area contributed by atoms with Crippen LogP contribution >= 0.6 is 0 Å². The van der Waals surface area contributed by atoms with E-state index in [0.29, 0.717) is 6.67 Å². The van der Waals surface area contributed by atoms with Crippen LogP contribution in [0.25, 0.3) is 99.6 Å². The Kier molecular flexibility index (Phi) is 10.9. The van der Waals surface area contributed by atoms with Gasteiger partial charge in [0.1, 0.15) is 12.5 Å². The van der Waals surface area contributed by atoms with Crippen LogP contribution in [0.2, 0.25) is 0 Å². The van der Waals surface area contributed by atoms with Crippen LogP contribution in [0.1, 0.15) is 26.3 Å². The molecular formula is C76H56BN5. The molecule has 2 aliphatic rings. The van der Waals surface area contributed by atoms with Gasteiger partial charge in [0.25, 0.3) is 0 Å². The molecule has 0 spiro atoms. The predicted octanol–water partition coefficient (Wildman–Crippen LogP) is 17.3. The van der Waals surface area contributed by atoms with E-state index in [1.165, 1.54) is 122 Å². The van der Waals surface area contributed by atoms with Crippen LogP contribution in [0.4, 0.5) is 22.7 Å². The number of nitrogens with zero attached hydrogens (tertiary/aromatic N) is 5. The smallest absolute Gasteiger partial charge is 0.241 e. The standard InChI is InChI=1S/C76H56BN5/c1-76(2,3)52-44-45-78-71(46-52)81-68-42-43-69-72(61-32-14-13-30-59(61)62-35-21-36-63-60-31-15-16-37-65(60)82(69)75(62)63)73(68)64-41-40-55(48-70(64)81)77(53-26-11-6-12-27-53)54-28-19-29-56(47-54)79-49-80(67-39-18-17-38-66(67)79)74-57(50-22-7-4-8-23-50)33-20-34-58(74)51-24-9-5-10-25-51/h4-48H,49H2,1-3H3. The molecule has 0 bridgehead atoms. The van der Waals surface area contributed by atoms with Gasteiger partial charge in [-0.15, -0.1) is 0 Å². The number of benzene rings is 11. The molecule has 0 saturated carbocycles. The number of hydrogen-bond donors (Lipinski definition) is 0. The molecule has 0 atom stereocenters. The number of rotatable bonds is 8. The van der Waals surface area contributed by atoms with E-state index in [1.54, 1.807) is 0 Å². The largest absolute Gasteiger partial charge is 0.321 e. The van der Waals surface area contributed by atoms with Gasteiger partial charge in [0.15, 0.2) is 0 Å². The van der Waals surface area contributed by atoms with Gasteiger partial charge in [0.05, 0.1) is 44.8 Å². The van der Waals surface area contributed by atoms with Gasteiger partial charge in [-0.2, -0.15) is 0 Å². The van der Waals surface area contributed by atoms with Gasteiger partial charge >= 0.3 is 0 Å². The predicted molar refractivity (Wildman–Crippen MR) is 346 cm³/mol. The van der Waals surface area contributed by atoms with Gasteiger partial charge in [-0.05, 0) is 93.9 Å². The Morgan fingerprint density at radius 2 is 0.988 bits per heavy atom. The maximum absolute atomic E-state index is 5.25. The van der Waals surface area contributed by atoms with Crippen LogP contribution in [0.3, 0.4) is 0 Å². The summed E-state index contributed by atoms with van der Waals surface area (Å²) in [6, 6.07) is 98.9. The lowest BCUT2D eigenvalue weighted by molar-refractivity contribution is 0.588. The van der Waals surface area contributed by atoms with E-state index in [0.717, 1.165) is 22.5 Å². The first-order valence-electron chi connectivity index (χ1n) is 28.6. The fraction of sp³-hybridized carbons (Fsp3) is 0.0658. The molecule has 5 nitrogen and oxygen atoms in total. The molecule has 0 radical (unpaired) electrons. The number of aromatic nitrogens is 3. The summed E-state index contributed by atoms with van der Waals surface area (Å²) < 4.78 is 4.98. The first-order valence-corrected chi connectivity index (χ1v) is 28.6. The Labute approximate surface area is 478 Å². The van der Waals surface area contributed by atoms with Crippen LogP contribution < -0.4 is 26.2 Å². The van der Waals surface area contributed by atoms with Gasteiger partial charge in [-0.1, -0.05) is 243 Å². The number of anilines is 4. The summed E-state index contributed by atoms with van der Waals surface area (Å²) in [5.74, 6) is 0.906. The van der Waals surface area contributed by atoms with Crippen LogP contribution in [0, 0.1) is 0 Å². The van der Waals surface area contributed by atoms with E-state index in [9.17, 15) is 0 Å². The van der Waals surface area contributed by atoms with Crippen molar-refractivity contribution >= 4 is 89.5 Å². The van der Waals surface area contributed by atoms with Crippen LogP contribution in [0.15, 0.2) is 273 Å². The maximum Gasteiger partial charge on any atom is 0.241 e. The molecule has 5 heterocycles. The number of hydrogen-bond acceptors (Lipinski definition) is 3. The summed E-state index contributed by atoms with van der Waals surface area (Å²) in [7, 11) is 0. The molecule has 0 saturated heterocycles. The second-order valence-corrected chi connectivity index (χ2v) is 23.1. The Morgan fingerprint density at radius 3 is 1.74 bits per heavy atom. The van der Waals surface area contributed by atoms with Crippen molar-refractivity contribution in [2.24, 2.45) is 0 Å². The fourth-order valence-corrected chi connectivity index (χ4v) is 13.7. The first kappa shape index (κ1) is 47.8. The average molecular weight is 1050 g/mol. The number of para-hydroxylation sites is 5. The van der Waals surface area contributed by atoms with Crippen molar-refractivity contribution in [1.82, 2.24) is 14.1 Å². The molecule has 11 aromatic carbocycles. The summed E-state index contributed by atoms with van der Waals surface area (Å²) in [5, 5.41) is 4.92. The lowest BCUT2D eigenvalue weighted by Crippen LogP contribution is -2.52. The Balaban J connectivity index is 0.900. The zero-order valence-corrected chi connectivity index (χ0v) is 46.0. The lowest BCUT2D eigenvalue weighted by Gasteiger charge is -2.27. The van der Waals surface area contributed by atoms with Crippen LogP contribution in [0.5, 0.6) is 0 Å². The molecule has 0 N–H and O–H groups in total. The quantitative estimate of drug-likeness (QED) is 0.142. The van der Waals surface area contributed by atoms with E-state index in [-0.39, 0.29) is 12.1 Å². The highest BCUT2D eigenvalue weighted by atomic mass is 15.4. The first-order chi connectivity index (χ1) is 40.4. The van der Waals surface area contributed by atoms with Gasteiger partial charge in [-0.3, -0.25) is 4.57 Å². The molecule has 82 heavy (non-hydrogen) atoms. The van der Waals surface area contributed by atoms with Crippen molar-refractivity contribution in [2.45, 2.75) is 26.2 Å². The van der Waals surface area contributed by atoms with Gasteiger partial charge < -0.3 is 14.4 Å². The summed E-state index contributed by atoms with van der Waals surface area (Å²) in [6.07, 6.45) is 1.99.